The smallest absolute Gasteiger partial charge is 0.339 e. The van der Waals surface area contributed by atoms with E-state index < -0.39 is 5.97 Å². The molecule has 2 aromatic heterocycles. The molecule has 0 radical (unpaired) electrons. The zero-order valence-corrected chi connectivity index (χ0v) is 10.8. The third kappa shape index (κ3) is 3.06. The van der Waals surface area contributed by atoms with Crippen molar-refractivity contribution in [2.24, 2.45) is 0 Å². The van der Waals surface area contributed by atoms with Crippen molar-refractivity contribution in [1.82, 2.24) is 20.0 Å². The molecule has 0 aliphatic heterocycles. The topological polar surface area (TPSA) is 92.9 Å². The second kappa shape index (κ2) is 5.47. The highest BCUT2D eigenvalue weighted by molar-refractivity contribution is 5.95. The van der Waals surface area contributed by atoms with E-state index >= 15 is 0 Å². The van der Waals surface area contributed by atoms with Gasteiger partial charge in [-0.1, -0.05) is 5.21 Å². The average Bonchev–Trinajstić information content (AvgIpc) is 2.80. The molecule has 0 atom stereocenters. The molecular formula is C12H15N5O2. The second-order valence-corrected chi connectivity index (χ2v) is 4.17. The Labute approximate surface area is 110 Å². The fourth-order valence-electron chi connectivity index (χ4n) is 1.90. The number of anilines is 1. The third-order valence-electron chi connectivity index (χ3n) is 2.67. The van der Waals surface area contributed by atoms with Gasteiger partial charge in [-0.15, -0.1) is 5.10 Å². The third-order valence-corrected chi connectivity index (χ3v) is 2.67. The quantitative estimate of drug-likeness (QED) is 0.837. The summed E-state index contributed by atoms with van der Waals surface area (Å²) in [5.74, 6) is -0.978. The van der Waals surface area contributed by atoms with E-state index in [4.69, 9.17) is 0 Å². The molecule has 0 aromatic carbocycles. The van der Waals surface area contributed by atoms with Crippen LogP contribution >= 0.6 is 0 Å². The molecule has 0 saturated heterocycles. The summed E-state index contributed by atoms with van der Waals surface area (Å²) < 4.78 is 1.67. The van der Waals surface area contributed by atoms with Crippen molar-refractivity contribution < 1.29 is 9.90 Å². The maximum absolute atomic E-state index is 11.2. The SMILES string of the molecule is Cc1cc(NCCn2ccnn2)c(C(=O)O)c(C)n1. The van der Waals surface area contributed by atoms with Crippen molar-refractivity contribution in [1.29, 1.82) is 0 Å². The number of carboxylic acid groups (broad SMARTS) is 1. The molecule has 0 spiro atoms. The summed E-state index contributed by atoms with van der Waals surface area (Å²) in [5, 5.41) is 19.9. The molecule has 0 aliphatic carbocycles. The Hall–Kier alpha value is -2.44. The molecule has 2 aromatic rings. The van der Waals surface area contributed by atoms with E-state index in [9.17, 15) is 9.90 Å². The average molecular weight is 261 g/mol. The summed E-state index contributed by atoms with van der Waals surface area (Å²) in [6.07, 6.45) is 3.35. The molecule has 0 bridgehead atoms. The van der Waals surface area contributed by atoms with E-state index in [-0.39, 0.29) is 5.56 Å². The molecule has 0 aliphatic rings. The summed E-state index contributed by atoms with van der Waals surface area (Å²) >= 11 is 0. The first kappa shape index (κ1) is 13.0. The van der Waals surface area contributed by atoms with Gasteiger partial charge in [-0.25, -0.2) is 4.79 Å². The van der Waals surface area contributed by atoms with Gasteiger partial charge >= 0.3 is 5.97 Å². The van der Waals surface area contributed by atoms with Gasteiger partial charge in [-0.3, -0.25) is 9.67 Å². The number of nitrogens with one attached hydrogen (secondary N) is 1. The number of rotatable bonds is 5. The lowest BCUT2D eigenvalue weighted by Gasteiger charge is -2.12. The van der Waals surface area contributed by atoms with Crippen molar-refractivity contribution in [2.75, 3.05) is 11.9 Å². The van der Waals surface area contributed by atoms with Crippen LogP contribution in [0, 0.1) is 13.8 Å². The minimum absolute atomic E-state index is 0.212. The first-order chi connectivity index (χ1) is 9.08. The van der Waals surface area contributed by atoms with E-state index in [0.717, 1.165) is 5.69 Å². The number of aromatic carboxylic acids is 1. The van der Waals surface area contributed by atoms with Crippen molar-refractivity contribution >= 4 is 11.7 Å². The lowest BCUT2D eigenvalue weighted by atomic mass is 10.1. The molecule has 2 heterocycles. The molecule has 100 valence electrons. The molecule has 19 heavy (non-hydrogen) atoms. The number of pyridine rings is 1. The van der Waals surface area contributed by atoms with Crippen LogP contribution in [0.1, 0.15) is 21.7 Å². The van der Waals surface area contributed by atoms with Crippen LogP contribution in [0.25, 0.3) is 0 Å². The van der Waals surface area contributed by atoms with Crippen LogP contribution in [0.4, 0.5) is 5.69 Å². The Morgan fingerprint density at radius 2 is 2.26 bits per heavy atom. The highest BCUT2D eigenvalue weighted by atomic mass is 16.4. The molecular weight excluding hydrogens is 246 g/mol. The molecule has 0 saturated carbocycles. The van der Waals surface area contributed by atoms with Gasteiger partial charge in [0.1, 0.15) is 5.56 Å². The lowest BCUT2D eigenvalue weighted by Crippen LogP contribution is -2.15. The number of hydrogen-bond acceptors (Lipinski definition) is 5. The Bertz CT molecular complexity index is 580. The van der Waals surface area contributed by atoms with Crippen molar-refractivity contribution in [2.45, 2.75) is 20.4 Å². The van der Waals surface area contributed by atoms with Gasteiger partial charge in [0.15, 0.2) is 0 Å². The molecule has 2 rings (SSSR count). The number of aryl methyl sites for hydroxylation is 2. The number of hydrogen-bond donors (Lipinski definition) is 2. The molecule has 2 N–H and O–H groups in total. The monoisotopic (exact) mass is 261 g/mol. The Kier molecular flexibility index (Phi) is 3.74. The summed E-state index contributed by atoms with van der Waals surface area (Å²) in [4.78, 5) is 15.4. The first-order valence-electron chi connectivity index (χ1n) is 5.87. The van der Waals surface area contributed by atoms with Crippen LogP contribution in [0.5, 0.6) is 0 Å². The fraction of sp³-hybridized carbons (Fsp3) is 0.333. The predicted molar refractivity (Wildman–Crippen MR) is 69.2 cm³/mol. The van der Waals surface area contributed by atoms with Crippen LogP contribution in [0.15, 0.2) is 18.5 Å². The molecule has 0 unspecified atom stereocenters. The summed E-state index contributed by atoms with van der Waals surface area (Å²) in [7, 11) is 0. The van der Waals surface area contributed by atoms with Crippen LogP contribution in [-0.4, -0.2) is 37.6 Å². The largest absolute Gasteiger partial charge is 0.478 e. The maximum Gasteiger partial charge on any atom is 0.339 e. The summed E-state index contributed by atoms with van der Waals surface area (Å²) in [6, 6.07) is 1.73. The fourth-order valence-corrected chi connectivity index (χ4v) is 1.90. The van der Waals surface area contributed by atoms with Gasteiger partial charge in [0.2, 0.25) is 0 Å². The van der Waals surface area contributed by atoms with Crippen molar-refractivity contribution in [3.63, 3.8) is 0 Å². The van der Waals surface area contributed by atoms with Gasteiger partial charge < -0.3 is 10.4 Å². The Morgan fingerprint density at radius 1 is 1.47 bits per heavy atom. The predicted octanol–water partition coefficient (Wildman–Crippen LogP) is 1.10. The van der Waals surface area contributed by atoms with Crippen molar-refractivity contribution in [3.05, 3.63) is 35.4 Å². The van der Waals surface area contributed by atoms with Gasteiger partial charge in [0.05, 0.1) is 24.1 Å². The molecule has 0 amide bonds. The van der Waals surface area contributed by atoms with Gasteiger partial charge in [-0.2, -0.15) is 0 Å². The van der Waals surface area contributed by atoms with Crippen LogP contribution < -0.4 is 5.32 Å². The number of nitrogens with zero attached hydrogens (tertiary/aromatic N) is 4. The highest BCUT2D eigenvalue weighted by Crippen LogP contribution is 2.19. The van der Waals surface area contributed by atoms with Crippen LogP contribution in [0.3, 0.4) is 0 Å². The van der Waals surface area contributed by atoms with E-state index in [2.05, 4.69) is 20.6 Å². The number of carboxylic acids is 1. The molecule has 7 nitrogen and oxygen atoms in total. The second-order valence-electron chi connectivity index (χ2n) is 4.17. The maximum atomic E-state index is 11.2. The number of aromatic nitrogens is 4. The lowest BCUT2D eigenvalue weighted by molar-refractivity contribution is 0.0696. The standard InChI is InChI=1S/C12H15N5O2/c1-8-7-10(11(12(18)19)9(2)15-8)13-3-5-17-6-4-14-16-17/h4,6-7H,3,5H2,1-2H3,(H,13,15)(H,18,19). The summed E-state index contributed by atoms with van der Waals surface area (Å²) in [6.45, 7) is 4.70. The first-order valence-corrected chi connectivity index (χ1v) is 5.87. The van der Waals surface area contributed by atoms with Gasteiger partial charge in [0, 0.05) is 18.4 Å². The number of carbonyl (C=O) groups is 1. The van der Waals surface area contributed by atoms with Crippen molar-refractivity contribution in [3.8, 4) is 0 Å². The zero-order chi connectivity index (χ0) is 13.8. The summed E-state index contributed by atoms with van der Waals surface area (Å²) in [5.41, 5.74) is 2.09. The zero-order valence-electron chi connectivity index (χ0n) is 10.8. The van der Waals surface area contributed by atoms with Gasteiger partial charge in [-0.05, 0) is 19.9 Å². The normalized spacial score (nSPS) is 10.4. The van der Waals surface area contributed by atoms with Crippen LogP contribution in [0.2, 0.25) is 0 Å². The van der Waals surface area contributed by atoms with Crippen LogP contribution in [-0.2, 0) is 6.54 Å². The van der Waals surface area contributed by atoms with E-state index in [1.807, 2.05) is 6.92 Å². The Balaban J connectivity index is 2.12. The molecule has 0 fully saturated rings. The highest BCUT2D eigenvalue weighted by Gasteiger charge is 2.14. The minimum Gasteiger partial charge on any atom is -0.478 e. The minimum atomic E-state index is -0.978. The van der Waals surface area contributed by atoms with Gasteiger partial charge in [0.25, 0.3) is 0 Å². The molecule has 7 heteroatoms. The Morgan fingerprint density at radius 3 is 2.89 bits per heavy atom. The van der Waals surface area contributed by atoms with E-state index in [0.29, 0.717) is 24.5 Å². The van der Waals surface area contributed by atoms with E-state index in [1.54, 1.807) is 30.1 Å². The van der Waals surface area contributed by atoms with E-state index in [1.165, 1.54) is 0 Å².